The van der Waals surface area contributed by atoms with Gasteiger partial charge in [0.15, 0.2) is 0 Å². The van der Waals surface area contributed by atoms with Crippen molar-refractivity contribution < 1.29 is 4.79 Å². The van der Waals surface area contributed by atoms with E-state index in [1.165, 1.54) is 0 Å². The maximum atomic E-state index is 11.9. The van der Waals surface area contributed by atoms with Crippen LogP contribution in [0.2, 0.25) is 5.02 Å². The maximum absolute atomic E-state index is 11.9. The highest BCUT2D eigenvalue weighted by Gasteiger charge is 2.05. The lowest BCUT2D eigenvalue weighted by Gasteiger charge is -2.09. The zero-order valence-electron chi connectivity index (χ0n) is 11.1. The van der Waals surface area contributed by atoms with Gasteiger partial charge in [-0.1, -0.05) is 48.0 Å². The van der Waals surface area contributed by atoms with E-state index in [2.05, 4.69) is 5.32 Å². The number of hydrogen-bond donors (Lipinski definition) is 2. The Balaban J connectivity index is 1.92. The summed E-state index contributed by atoms with van der Waals surface area (Å²) in [5.74, 6) is -0.0286. The second-order valence-corrected chi connectivity index (χ2v) is 4.99. The summed E-state index contributed by atoms with van der Waals surface area (Å²) >= 11 is 5.90. The lowest BCUT2D eigenvalue weighted by molar-refractivity contribution is -0.120. The molecule has 0 aromatic heterocycles. The Morgan fingerprint density at radius 3 is 2.55 bits per heavy atom. The summed E-state index contributed by atoms with van der Waals surface area (Å²) in [6, 6.07) is 15.2. The topological polar surface area (TPSA) is 55.1 Å². The molecule has 0 atom stereocenters. The van der Waals surface area contributed by atoms with Crippen LogP contribution in [-0.4, -0.2) is 5.91 Å². The minimum Gasteiger partial charge on any atom is -0.352 e. The first-order valence-corrected chi connectivity index (χ1v) is 6.85. The Bertz CT molecular complexity index is 599. The van der Waals surface area contributed by atoms with Crippen LogP contribution in [0.3, 0.4) is 0 Å². The Hall–Kier alpha value is -1.84. The fourth-order valence-corrected chi connectivity index (χ4v) is 2.23. The van der Waals surface area contributed by atoms with Crippen molar-refractivity contribution in [2.45, 2.75) is 19.5 Å². The lowest BCUT2D eigenvalue weighted by atomic mass is 10.1. The number of carbonyl (C=O) groups excluding carboxylic acids is 1. The predicted molar refractivity (Wildman–Crippen MR) is 81.3 cm³/mol. The molecule has 20 heavy (non-hydrogen) atoms. The number of halogens is 1. The van der Waals surface area contributed by atoms with Crippen LogP contribution < -0.4 is 11.1 Å². The summed E-state index contributed by atoms with van der Waals surface area (Å²) in [6.45, 7) is 0.965. The van der Waals surface area contributed by atoms with Crippen LogP contribution in [0.25, 0.3) is 0 Å². The van der Waals surface area contributed by atoms with E-state index < -0.39 is 0 Å². The number of nitrogens with two attached hydrogens (primary N) is 1. The average molecular weight is 289 g/mol. The lowest BCUT2D eigenvalue weighted by Crippen LogP contribution is -2.25. The fraction of sp³-hybridized carbons (Fsp3) is 0.188. The van der Waals surface area contributed by atoms with Gasteiger partial charge in [0.2, 0.25) is 5.91 Å². The van der Waals surface area contributed by atoms with E-state index in [4.69, 9.17) is 17.3 Å². The zero-order valence-corrected chi connectivity index (χ0v) is 11.9. The van der Waals surface area contributed by atoms with Gasteiger partial charge in [-0.3, -0.25) is 4.79 Å². The number of rotatable bonds is 5. The molecule has 2 rings (SSSR count). The molecule has 1 amide bonds. The monoisotopic (exact) mass is 288 g/mol. The molecule has 4 heteroatoms. The summed E-state index contributed by atoms with van der Waals surface area (Å²) in [5, 5.41) is 3.55. The average Bonchev–Trinajstić information content (AvgIpc) is 2.45. The molecule has 0 aliphatic heterocycles. The Morgan fingerprint density at radius 2 is 1.85 bits per heavy atom. The number of nitrogens with one attached hydrogen (secondary N) is 1. The quantitative estimate of drug-likeness (QED) is 0.889. The summed E-state index contributed by atoms with van der Waals surface area (Å²) < 4.78 is 0. The number of amides is 1. The summed E-state index contributed by atoms with van der Waals surface area (Å²) in [4.78, 5) is 11.9. The highest BCUT2D eigenvalue weighted by molar-refractivity contribution is 6.30. The molecule has 0 spiro atoms. The molecular weight excluding hydrogens is 272 g/mol. The fourth-order valence-electron chi connectivity index (χ4n) is 2.02. The van der Waals surface area contributed by atoms with E-state index in [9.17, 15) is 4.79 Å². The highest BCUT2D eigenvalue weighted by Crippen LogP contribution is 2.11. The molecule has 2 aromatic rings. The summed E-state index contributed by atoms with van der Waals surface area (Å²) in [7, 11) is 0. The zero-order chi connectivity index (χ0) is 14.4. The molecular formula is C16H17ClN2O. The van der Waals surface area contributed by atoms with Crippen LogP contribution in [0, 0.1) is 0 Å². The van der Waals surface area contributed by atoms with E-state index in [-0.39, 0.29) is 5.91 Å². The van der Waals surface area contributed by atoms with Gasteiger partial charge in [-0.05, 0) is 28.8 Å². The molecule has 0 saturated heterocycles. The summed E-state index contributed by atoms with van der Waals surface area (Å²) in [6.07, 6.45) is 0.325. The molecule has 3 nitrogen and oxygen atoms in total. The predicted octanol–water partition coefficient (Wildman–Crippen LogP) is 2.66. The van der Waals surface area contributed by atoms with Gasteiger partial charge in [0, 0.05) is 18.1 Å². The standard InChI is InChI=1S/C16H17ClN2O/c17-15-7-3-4-12(8-15)9-16(20)19-11-14-6-2-1-5-13(14)10-18/h1-8H,9-11,18H2,(H,19,20). The van der Waals surface area contributed by atoms with Crippen LogP contribution in [0.1, 0.15) is 16.7 Å². The first-order valence-electron chi connectivity index (χ1n) is 6.47. The van der Waals surface area contributed by atoms with Crippen LogP contribution in [-0.2, 0) is 24.3 Å². The molecule has 0 heterocycles. The van der Waals surface area contributed by atoms with E-state index in [1.807, 2.05) is 36.4 Å². The van der Waals surface area contributed by atoms with Crippen LogP contribution in [0.5, 0.6) is 0 Å². The van der Waals surface area contributed by atoms with Crippen molar-refractivity contribution in [1.82, 2.24) is 5.32 Å². The third-order valence-electron chi connectivity index (χ3n) is 3.07. The van der Waals surface area contributed by atoms with Crippen molar-refractivity contribution in [3.8, 4) is 0 Å². The Labute approximate surface area is 123 Å². The maximum Gasteiger partial charge on any atom is 0.224 e. The molecule has 0 unspecified atom stereocenters. The molecule has 2 aromatic carbocycles. The first kappa shape index (κ1) is 14.6. The first-order chi connectivity index (χ1) is 9.69. The van der Waals surface area contributed by atoms with E-state index in [1.54, 1.807) is 12.1 Å². The van der Waals surface area contributed by atoms with Crippen molar-refractivity contribution in [3.05, 3.63) is 70.2 Å². The minimum atomic E-state index is -0.0286. The van der Waals surface area contributed by atoms with Gasteiger partial charge < -0.3 is 11.1 Å². The SMILES string of the molecule is NCc1ccccc1CNC(=O)Cc1cccc(Cl)c1. The molecule has 0 fully saturated rings. The summed E-state index contributed by atoms with van der Waals surface area (Å²) in [5.41, 5.74) is 8.68. The van der Waals surface area contributed by atoms with Crippen LogP contribution in [0.4, 0.5) is 0 Å². The normalized spacial score (nSPS) is 10.3. The van der Waals surface area contributed by atoms with Gasteiger partial charge in [-0.25, -0.2) is 0 Å². The Kier molecular flexibility index (Phi) is 5.16. The van der Waals surface area contributed by atoms with Gasteiger partial charge in [-0.15, -0.1) is 0 Å². The van der Waals surface area contributed by atoms with E-state index in [0.717, 1.165) is 16.7 Å². The number of carbonyl (C=O) groups is 1. The Morgan fingerprint density at radius 1 is 1.10 bits per heavy atom. The van der Waals surface area contributed by atoms with E-state index >= 15 is 0 Å². The number of hydrogen-bond acceptors (Lipinski definition) is 2. The third-order valence-corrected chi connectivity index (χ3v) is 3.30. The van der Waals surface area contributed by atoms with Crippen molar-refractivity contribution in [1.29, 1.82) is 0 Å². The molecule has 0 aliphatic rings. The van der Waals surface area contributed by atoms with Gasteiger partial charge >= 0.3 is 0 Å². The second-order valence-electron chi connectivity index (χ2n) is 4.56. The van der Waals surface area contributed by atoms with Crippen LogP contribution in [0.15, 0.2) is 48.5 Å². The molecule has 3 N–H and O–H groups in total. The number of benzene rings is 2. The minimum absolute atomic E-state index is 0.0286. The molecule has 104 valence electrons. The van der Waals surface area contributed by atoms with Crippen molar-refractivity contribution in [2.75, 3.05) is 0 Å². The van der Waals surface area contributed by atoms with Gasteiger partial charge in [0.05, 0.1) is 6.42 Å². The second kappa shape index (κ2) is 7.08. The highest BCUT2D eigenvalue weighted by atomic mass is 35.5. The van der Waals surface area contributed by atoms with Crippen molar-refractivity contribution in [3.63, 3.8) is 0 Å². The smallest absolute Gasteiger partial charge is 0.224 e. The van der Waals surface area contributed by atoms with Gasteiger partial charge in [0.25, 0.3) is 0 Å². The third kappa shape index (κ3) is 4.08. The van der Waals surface area contributed by atoms with E-state index in [0.29, 0.717) is 24.5 Å². The van der Waals surface area contributed by atoms with Crippen molar-refractivity contribution >= 4 is 17.5 Å². The molecule has 0 radical (unpaired) electrons. The molecule has 0 saturated carbocycles. The van der Waals surface area contributed by atoms with Crippen molar-refractivity contribution in [2.24, 2.45) is 5.73 Å². The molecule has 0 aliphatic carbocycles. The van der Waals surface area contributed by atoms with Crippen LogP contribution >= 0.6 is 11.6 Å². The van der Waals surface area contributed by atoms with Gasteiger partial charge in [0.1, 0.15) is 0 Å². The largest absolute Gasteiger partial charge is 0.352 e. The van der Waals surface area contributed by atoms with Gasteiger partial charge in [-0.2, -0.15) is 0 Å². The molecule has 0 bridgehead atoms.